The van der Waals surface area contributed by atoms with E-state index in [4.69, 9.17) is 0 Å². The highest BCUT2D eigenvalue weighted by atomic mass is 79.9. The lowest BCUT2D eigenvalue weighted by atomic mass is 10.0. The van der Waals surface area contributed by atoms with E-state index in [1.165, 1.54) is 41.9 Å². The van der Waals surface area contributed by atoms with Gasteiger partial charge in [-0.1, -0.05) is 41.6 Å². The van der Waals surface area contributed by atoms with Gasteiger partial charge >= 0.3 is 0 Å². The summed E-state index contributed by atoms with van der Waals surface area (Å²) in [5, 5.41) is 0. The van der Waals surface area contributed by atoms with Crippen molar-refractivity contribution in [2.45, 2.75) is 43.9 Å². The van der Waals surface area contributed by atoms with Crippen LogP contribution in [0.1, 0.15) is 46.7 Å². The predicted molar refractivity (Wildman–Crippen MR) is 67.3 cm³/mol. The molecule has 0 aromatic carbocycles. The number of thiophene rings is 1. The topological polar surface area (TPSA) is 0 Å². The predicted octanol–water partition coefficient (Wildman–Crippen LogP) is 5.07. The Balaban J connectivity index is 1.91. The van der Waals surface area contributed by atoms with Gasteiger partial charge in [-0.25, -0.2) is 0 Å². The van der Waals surface area contributed by atoms with Crippen molar-refractivity contribution in [3.05, 3.63) is 21.9 Å². The third-order valence-electron chi connectivity index (χ3n) is 3.08. The molecule has 1 aliphatic carbocycles. The molecule has 0 amide bonds. The molecule has 1 unspecified atom stereocenters. The first kappa shape index (κ1) is 10.7. The van der Waals surface area contributed by atoms with Crippen molar-refractivity contribution in [1.82, 2.24) is 0 Å². The fourth-order valence-electron chi connectivity index (χ4n) is 2.28. The van der Waals surface area contributed by atoms with Gasteiger partial charge in [-0.3, -0.25) is 0 Å². The average molecular weight is 273 g/mol. The number of aryl methyl sites for hydroxylation is 1. The molecule has 0 aliphatic heterocycles. The van der Waals surface area contributed by atoms with Crippen molar-refractivity contribution >= 4 is 27.3 Å². The molecule has 78 valence electrons. The van der Waals surface area contributed by atoms with Gasteiger partial charge in [-0.2, -0.15) is 0 Å². The van der Waals surface area contributed by atoms with Crippen molar-refractivity contribution in [1.29, 1.82) is 0 Å². The van der Waals surface area contributed by atoms with Gasteiger partial charge in [0.2, 0.25) is 0 Å². The van der Waals surface area contributed by atoms with E-state index in [1.54, 1.807) is 0 Å². The lowest BCUT2D eigenvalue weighted by Crippen LogP contribution is -1.97. The molecule has 0 saturated heterocycles. The van der Waals surface area contributed by atoms with Gasteiger partial charge in [0.05, 0.1) is 0 Å². The first-order chi connectivity index (χ1) is 6.75. The van der Waals surface area contributed by atoms with Crippen molar-refractivity contribution in [2.24, 2.45) is 5.92 Å². The van der Waals surface area contributed by atoms with Crippen LogP contribution in [0.2, 0.25) is 0 Å². The molecule has 0 spiro atoms. The van der Waals surface area contributed by atoms with Crippen LogP contribution in [0.15, 0.2) is 12.1 Å². The molecule has 2 rings (SSSR count). The van der Waals surface area contributed by atoms with Crippen LogP contribution >= 0.6 is 27.3 Å². The van der Waals surface area contributed by atoms with E-state index in [2.05, 4.69) is 35.0 Å². The molecule has 1 atom stereocenters. The largest absolute Gasteiger partial charge is 0.145 e. The summed E-state index contributed by atoms with van der Waals surface area (Å²) in [7, 11) is 0. The van der Waals surface area contributed by atoms with Crippen LogP contribution in [-0.4, -0.2) is 0 Å². The monoisotopic (exact) mass is 272 g/mol. The summed E-state index contributed by atoms with van der Waals surface area (Å²) in [4.78, 5) is 3.54. The molecule has 2 heteroatoms. The molecular weight excluding hydrogens is 256 g/mol. The van der Waals surface area contributed by atoms with Crippen molar-refractivity contribution in [2.75, 3.05) is 0 Å². The van der Waals surface area contributed by atoms with E-state index in [0.717, 1.165) is 5.92 Å². The smallest absolute Gasteiger partial charge is 0.0491 e. The summed E-state index contributed by atoms with van der Waals surface area (Å²) in [6.07, 6.45) is 7.14. The minimum Gasteiger partial charge on any atom is -0.145 e. The minimum absolute atomic E-state index is 0.601. The van der Waals surface area contributed by atoms with Crippen LogP contribution < -0.4 is 0 Å². The molecule has 1 saturated carbocycles. The molecule has 0 N–H and O–H groups in total. The molecule has 1 aromatic heterocycles. The molecule has 1 aliphatic rings. The Labute approximate surface area is 98.9 Å². The van der Waals surface area contributed by atoms with E-state index >= 15 is 0 Å². The van der Waals surface area contributed by atoms with E-state index in [0.29, 0.717) is 4.83 Å². The minimum atomic E-state index is 0.601. The normalized spacial score (nSPS) is 20.1. The third kappa shape index (κ3) is 2.60. The van der Waals surface area contributed by atoms with Gasteiger partial charge in [0.1, 0.15) is 0 Å². The Hall–Kier alpha value is 0.180. The summed E-state index contributed by atoms with van der Waals surface area (Å²) < 4.78 is 0. The lowest BCUT2D eigenvalue weighted by molar-refractivity contribution is 0.504. The second-order valence-corrected chi connectivity index (χ2v) is 6.73. The van der Waals surface area contributed by atoms with Crippen LogP contribution in [0.3, 0.4) is 0 Å². The Kier molecular flexibility index (Phi) is 3.67. The van der Waals surface area contributed by atoms with Crippen molar-refractivity contribution < 1.29 is 0 Å². The van der Waals surface area contributed by atoms with E-state index in [1.807, 2.05) is 11.3 Å². The van der Waals surface area contributed by atoms with E-state index < -0.39 is 0 Å². The Morgan fingerprint density at radius 3 is 2.71 bits per heavy atom. The Morgan fingerprint density at radius 1 is 1.43 bits per heavy atom. The van der Waals surface area contributed by atoms with Gasteiger partial charge in [-0.05, 0) is 31.4 Å². The van der Waals surface area contributed by atoms with Crippen LogP contribution in [0, 0.1) is 12.8 Å². The number of hydrogen-bond donors (Lipinski definition) is 0. The zero-order valence-electron chi connectivity index (χ0n) is 8.63. The number of alkyl halides is 1. The maximum Gasteiger partial charge on any atom is 0.0491 e. The average Bonchev–Trinajstić information content (AvgIpc) is 2.75. The van der Waals surface area contributed by atoms with E-state index in [-0.39, 0.29) is 0 Å². The lowest BCUT2D eigenvalue weighted by Gasteiger charge is -2.13. The standard InChI is InChI=1S/C12H17BrS/c1-9-6-7-12(14-9)11(13)8-10-4-2-3-5-10/h6-7,10-11H,2-5,8H2,1H3. The number of rotatable bonds is 3. The molecule has 0 bridgehead atoms. The Morgan fingerprint density at radius 2 is 2.14 bits per heavy atom. The highest BCUT2D eigenvalue weighted by Crippen LogP contribution is 2.39. The summed E-state index contributed by atoms with van der Waals surface area (Å²) in [5.74, 6) is 0.974. The summed E-state index contributed by atoms with van der Waals surface area (Å²) >= 11 is 5.75. The van der Waals surface area contributed by atoms with Crippen LogP contribution in [-0.2, 0) is 0 Å². The molecule has 1 heterocycles. The highest BCUT2D eigenvalue weighted by molar-refractivity contribution is 9.09. The van der Waals surface area contributed by atoms with Crippen molar-refractivity contribution in [3.8, 4) is 0 Å². The maximum atomic E-state index is 3.82. The summed E-state index contributed by atoms with van der Waals surface area (Å²) in [6, 6.07) is 4.50. The van der Waals surface area contributed by atoms with Gasteiger partial charge in [0.25, 0.3) is 0 Å². The molecule has 0 radical (unpaired) electrons. The molecule has 14 heavy (non-hydrogen) atoms. The maximum absolute atomic E-state index is 3.82. The number of hydrogen-bond acceptors (Lipinski definition) is 1. The zero-order chi connectivity index (χ0) is 9.97. The Bertz CT molecular complexity index is 286. The molecule has 1 fully saturated rings. The third-order valence-corrected chi connectivity index (χ3v) is 5.37. The van der Waals surface area contributed by atoms with Crippen molar-refractivity contribution in [3.63, 3.8) is 0 Å². The second-order valence-electron chi connectivity index (χ2n) is 4.30. The fraction of sp³-hybridized carbons (Fsp3) is 0.667. The summed E-state index contributed by atoms with van der Waals surface area (Å²) in [5.41, 5.74) is 0. The molecule has 0 nitrogen and oxygen atoms in total. The van der Waals surface area contributed by atoms with Gasteiger partial charge in [-0.15, -0.1) is 11.3 Å². The first-order valence-electron chi connectivity index (χ1n) is 5.46. The van der Waals surface area contributed by atoms with Crippen LogP contribution in [0.25, 0.3) is 0 Å². The van der Waals surface area contributed by atoms with E-state index in [9.17, 15) is 0 Å². The molecule has 1 aromatic rings. The second kappa shape index (κ2) is 4.80. The van der Waals surface area contributed by atoms with Gasteiger partial charge < -0.3 is 0 Å². The van der Waals surface area contributed by atoms with Gasteiger partial charge in [0.15, 0.2) is 0 Å². The quantitative estimate of drug-likeness (QED) is 0.674. The van der Waals surface area contributed by atoms with Crippen LogP contribution in [0.5, 0.6) is 0 Å². The van der Waals surface area contributed by atoms with Gasteiger partial charge in [0, 0.05) is 14.6 Å². The summed E-state index contributed by atoms with van der Waals surface area (Å²) in [6.45, 7) is 2.18. The zero-order valence-corrected chi connectivity index (χ0v) is 11.0. The first-order valence-corrected chi connectivity index (χ1v) is 7.19. The number of halogens is 1. The van der Waals surface area contributed by atoms with Crippen LogP contribution in [0.4, 0.5) is 0 Å². The highest BCUT2D eigenvalue weighted by Gasteiger charge is 2.20. The fourth-order valence-corrected chi connectivity index (χ4v) is 4.11. The molecular formula is C12H17BrS. The SMILES string of the molecule is Cc1ccc(C(Br)CC2CCCC2)s1.